The molecule has 2 N–H and O–H groups in total. The predicted octanol–water partition coefficient (Wildman–Crippen LogP) is 2.61. The summed E-state index contributed by atoms with van der Waals surface area (Å²) < 4.78 is 12.1. The predicted molar refractivity (Wildman–Crippen MR) is 103 cm³/mol. The van der Waals surface area contributed by atoms with Crippen LogP contribution in [0.25, 0.3) is 0 Å². The van der Waals surface area contributed by atoms with Crippen LogP contribution in [0.15, 0.2) is 23.3 Å². The molecule has 3 fully saturated rings. The second-order valence-electron chi connectivity index (χ2n) is 10.9. The Morgan fingerprint density at radius 2 is 1.89 bits per heavy atom. The summed E-state index contributed by atoms with van der Waals surface area (Å²) in [5, 5.41) is 23.4. The lowest BCUT2D eigenvalue weighted by Crippen LogP contribution is -2.67. The van der Waals surface area contributed by atoms with Crippen molar-refractivity contribution in [1.82, 2.24) is 0 Å². The first-order valence-corrected chi connectivity index (χ1v) is 10.5. The minimum Gasteiger partial charge on any atom is -0.386 e. The molecule has 0 radical (unpaired) electrons. The molecule has 2 unspecified atom stereocenters. The first kappa shape index (κ1) is 19.0. The zero-order chi connectivity index (χ0) is 20.4. The van der Waals surface area contributed by atoms with Crippen LogP contribution < -0.4 is 0 Å². The summed E-state index contributed by atoms with van der Waals surface area (Å²) >= 11 is 0. The summed E-state index contributed by atoms with van der Waals surface area (Å²) in [5.74, 6) is -0.504. The summed E-state index contributed by atoms with van der Waals surface area (Å²) in [7, 11) is 0. The minimum atomic E-state index is -1.71. The molecule has 2 saturated carbocycles. The van der Waals surface area contributed by atoms with Crippen molar-refractivity contribution < 1.29 is 24.5 Å². The van der Waals surface area contributed by atoms with E-state index in [1.54, 1.807) is 0 Å². The number of hydrogen-bond donors (Lipinski definition) is 2. The highest BCUT2D eigenvalue weighted by Gasteiger charge is 2.76. The Morgan fingerprint density at radius 3 is 2.57 bits per heavy atom. The van der Waals surface area contributed by atoms with Gasteiger partial charge < -0.3 is 19.7 Å². The Morgan fingerprint density at radius 1 is 1.21 bits per heavy atom. The van der Waals surface area contributed by atoms with Crippen LogP contribution in [0.3, 0.4) is 0 Å². The molecule has 0 aromatic rings. The largest absolute Gasteiger partial charge is 0.386 e. The average Bonchev–Trinajstić information content (AvgIpc) is 3.10. The Kier molecular flexibility index (Phi) is 3.51. The smallest absolute Gasteiger partial charge is 0.164 e. The molecule has 1 saturated heterocycles. The van der Waals surface area contributed by atoms with Gasteiger partial charge >= 0.3 is 0 Å². The highest BCUT2D eigenvalue weighted by atomic mass is 16.7. The molecule has 0 aromatic carbocycles. The number of ether oxygens (including phenoxy) is 2. The molecule has 5 nitrogen and oxygen atoms in total. The first-order valence-electron chi connectivity index (χ1n) is 10.5. The van der Waals surface area contributed by atoms with Crippen molar-refractivity contribution in [2.24, 2.45) is 34.5 Å². The number of fused-ring (bicyclic) bond motifs is 5. The second kappa shape index (κ2) is 5.18. The van der Waals surface area contributed by atoms with E-state index in [1.165, 1.54) is 0 Å². The normalized spacial score (nSPS) is 53.1. The Labute approximate surface area is 166 Å². The van der Waals surface area contributed by atoms with E-state index in [4.69, 9.17) is 9.47 Å². The molecule has 8 atom stereocenters. The van der Waals surface area contributed by atoms with E-state index in [1.807, 2.05) is 32.9 Å². The number of aliphatic hydroxyl groups excluding tert-OH is 1. The molecule has 1 spiro atoms. The molecule has 154 valence electrons. The lowest BCUT2D eigenvalue weighted by Gasteiger charge is -2.52. The standard InChI is InChI=1S/C23H32O5/c1-11-9-22-12(2)7-15-16(20(15,3)4)14(18(22)25)8-13-10-27-21(5,6)28-19(13)23(22,26)17(11)24/h8-9,12,14-17,19,24,26H,7,10H2,1-6H3/t12-,14?,15-,16+,17+,19-,22?,23-/m1/s1. The van der Waals surface area contributed by atoms with Gasteiger partial charge in [0.25, 0.3) is 0 Å². The third-order valence-electron chi connectivity index (χ3n) is 8.71. The molecule has 28 heavy (non-hydrogen) atoms. The number of aliphatic hydroxyl groups is 2. The fourth-order valence-corrected chi connectivity index (χ4v) is 7.14. The van der Waals surface area contributed by atoms with Gasteiger partial charge in [-0.3, -0.25) is 4.79 Å². The molecule has 0 amide bonds. The van der Waals surface area contributed by atoms with Crippen LogP contribution in [0.5, 0.6) is 0 Å². The second-order valence-corrected chi connectivity index (χ2v) is 10.9. The van der Waals surface area contributed by atoms with E-state index in [-0.39, 0.29) is 29.0 Å². The van der Waals surface area contributed by atoms with Gasteiger partial charge in [0.2, 0.25) is 0 Å². The number of ketones is 1. The molecule has 1 aliphatic heterocycles. The number of Topliss-reactive ketones (excluding diaryl/α,β-unsaturated/α-hetero) is 1. The van der Waals surface area contributed by atoms with Crippen LogP contribution in [-0.4, -0.2) is 46.2 Å². The van der Waals surface area contributed by atoms with Gasteiger partial charge in [0, 0.05) is 5.92 Å². The molecule has 5 heteroatoms. The Balaban J connectivity index is 1.77. The minimum absolute atomic E-state index is 0.0415. The zero-order valence-electron chi connectivity index (χ0n) is 17.7. The molecule has 2 bridgehead atoms. The third kappa shape index (κ3) is 1.95. The maximum Gasteiger partial charge on any atom is 0.164 e. The van der Waals surface area contributed by atoms with E-state index in [0.717, 1.165) is 12.0 Å². The summed E-state index contributed by atoms with van der Waals surface area (Å²) in [4.78, 5) is 14.1. The molecule has 5 rings (SSSR count). The van der Waals surface area contributed by atoms with Crippen molar-refractivity contribution in [3.05, 3.63) is 23.3 Å². The van der Waals surface area contributed by atoms with E-state index >= 15 is 0 Å². The first-order chi connectivity index (χ1) is 12.9. The van der Waals surface area contributed by atoms with Gasteiger partial charge in [0.15, 0.2) is 11.6 Å². The summed E-state index contributed by atoms with van der Waals surface area (Å²) in [6.07, 6.45) is 2.85. The van der Waals surface area contributed by atoms with E-state index < -0.39 is 29.0 Å². The van der Waals surface area contributed by atoms with E-state index in [2.05, 4.69) is 20.8 Å². The number of hydrogen-bond acceptors (Lipinski definition) is 5. The summed E-state index contributed by atoms with van der Waals surface area (Å²) in [6.45, 7) is 12.3. The topological polar surface area (TPSA) is 76.0 Å². The van der Waals surface area contributed by atoms with Gasteiger partial charge in [0.05, 0.1) is 12.0 Å². The van der Waals surface area contributed by atoms with Gasteiger partial charge in [-0.25, -0.2) is 0 Å². The van der Waals surface area contributed by atoms with Crippen molar-refractivity contribution in [2.75, 3.05) is 6.61 Å². The van der Waals surface area contributed by atoms with Gasteiger partial charge in [-0.15, -0.1) is 0 Å². The average molecular weight is 389 g/mol. The number of rotatable bonds is 0. The van der Waals surface area contributed by atoms with Gasteiger partial charge in [0.1, 0.15) is 17.8 Å². The van der Waals surface area contributed by atoms with Crippen LogP contribution in [0.1, 0.15) is 48.0 Å². The highest BCUT2D eigenvalue weighted by molar-refractivity contribution is 5.95. The van der Waals surface area contributed by atoms with Crippen LogP contribution in [0.2, 0.25) is 0 Å². The number of carbonyl (C=O) groups is 1. The molecule has 4 aliphatic carbocycles. The molecule has 1 heterocycles. The van der Waals surface area contributed by atoms with E-state index in [9.17, 15) is 15.0 Å². The fourth-order valence-electron chi connectivity index (χ4n) is 7.14. The number of carbonyl (C=O) groups excluding carboxylic acids is 1. The Bertz CT molecular complexity index is 823. The summed E-state index contributed by atoms with van der Waals surface area (Å²) in [5.41, 5.74) is -1.29. The Hall–Kier alpha value is -1.01. The third-order valence-corrected chi connectivity index (χ3v) is 8.71. The SMILES string of the molecule is CC1=CC23C(=O)C(C=C4COC(C)(C)O[C@H]4[C@]2(O)[C@H]1O)[C@H]1[C@@H](C[C@H]3C)C1(C)C. The monoisotopic (exact) mass is 388 g/mol. The van der Waals surface area contributed by atoms with Crippen LogP contribution in [-0.2, 0) is 14.3 Å². The van der Waals surface area contributed by atoms with E-state index in [0.29, 0.717) is 18.1 Å². The fraction of sp³-hybridized carbons (Fsp3) is 0.783. The maximum atomic E-state index is 14.1. The van der Waals surface area contributed by atoms with Gasteiger partial charge in [-0.1, -0.05) is 32.9 Å². The zero-order valence-corrected chi connectivity index (χ0v) is 17.7. The van der Waals surface area contributed by atoms with Crippen molar-refractivity contribution in [1.29, 1.82) is 0 Å². The maximum absolute atomic E-state index is 14.1. The number of allylic oxidation sites excluding steroid dienone is 1. The van der Waals surface area contributed by atoms with Crippen molar-refractivity contribution in [2.45, 2.75) is 71.6 Å². The highest BCUT2D eigenvalue weighted by Crippen LogP contribution is 2.72. The molecule has 5 aliphatic rings. The van der Waals surface area contributed by atoms with Crippen molar-refractivity contribution in [3.8, 4) is 0 Å². The van der Waals surface area contributed by atoms with Crippen molar-refractivity contribution >= 4 is 5.78 Å². The molecular weight excluding hydrogens is 356 g/mol. The van der Waals surface area contributed by atoms with Gasteiger partial charge in [-0.2, -0.15) is 0 Å². The van der Waals surface area contributed by atoms with Crippen LogP contribution in [0, 0.1) is 34.5 Å². The lowest BCUT2D eigenvalue weighted by atomic mass is 9.59. The van der Waals surface area contributed by atoms with Crippen molar-refractivity contribution in [3.63, 3.8) is 0 Å². The van der Waals surface area contributed by atoms with Crippen LogP contribution in [0.4, 0.5) is 0 Å². The van der Waals surface area contributed by atoms with Crippen LogP contribution >= 0.6 is 0 Å². The quantitative estimate of drug-likeness (QED) is 0.624. The molecular formula is C23H32O5. The lowest BCUT2D eigenvalue weighted by molar-refractivity contribution is -0.303. The summed E-state index contributed by atoms with van der Waals surface area (Å²) in [6, 6.07) is 0. The van der Waals surface area contributed by atoms with Gasteiger partial charge in [-0.05, 0) is 61.5 Å². The molecule has 0 aromatic heterocycles.